The molecule has 0 radical (unpaired) electrons. The zero-order valence-corrected chi connectivity index (χ0v) is 10.4. The third kappa shape index (κ3) is 1.65. The second-order valence-electron chi connectivity index (χ2n) is 5.81. The maximum atomic E-state index is 11.7. The molecule has 2 nitrogen and oxygen atoms in total. The molecule has 1 saturated heterocycles. The van der Waals surface area contributed by atoms with E-state index in [1.807, 2.05) is 0 Å². The van der Waals surface area contributed by atoms with Crippen molar-refractivity contribution in [3.63, 3.8) is 0 Å². The highest BCUT2D eigenvalue weighted by Crippen LogP contribution is 2.51. The summed E-state index contributed by atoms with van der Waals surface area (Å²) in [5.74, 6) is 2.25. The number of cyclic esters (lactones) is 1. The first-order valence-electron chi connectivity index (χ1n) is 6.71. The fourth-order valence-electron chi connectivity index (χ4n) is 4.12. The van der Waals surface area contributed by atoms with E-state index >= 15 is 0 Å². The van der Waals surface area contributed by atoms with Gasteiger partial charge in [-0.1, -0.05) is 18.2 Å². The molecule has 0 aromatic heterocycles. The Balaban J connectivity index is 1.95. The lowest BCUT2D eigenvalue weighted by Crippen LogP contribution is -2.25. The van der Waals surface area contributed by atoms with E-state index in [1.165, 1.54) is 24.8 Å². The molecule has 92 valence electrons. The van der Waals surface area contributed by atoms with Gasteiger partial charge in [0.25, 0.3) is 0 Å². The summed E-state index contributed by atoms with van der Waals surface area (Å²) in [4.78, 5) is 11.7. The minimum absolute atomic E-state index is 0.0667. The SMILES string of the molecule is C=C(C)[C@H]1CC[C@@H]2CCC=C3C(=O)OC[C@@H]3[C@H]21. The summed E-state index contributed by atoms with van der Waals surface area (Å²) in [6, 6.07) is 0. The third-order valence-corrected chi connectivity index (χ3v) is 4.89. The predicted octanol–water partition coefficient (Wildman–Crippen LogP) is 3.10. The van der Waals surface area contributed by atoms with Crippen LogP contribution in [-0.4, -0.2) is 12.6 Å². The molecule has 0 aromatic rings. The molecular formula is C15H20O2. The second kappa shape index (κ2) is 4.01. The number of carbonyl (C=O) groups excluding carboxylic acids is 1. The topological polar surface area (TPSA) is 26.3 Å². The number of hydrogen-bond donors (Lipinski definition) is 0. The van der Waals surface area contributed by atoms with E-state index in [1.54, 1.807) is 0 Å². The molecule has 2 aliphatic carbocycles. The lowest BCUT2D eigenvalue weighted by molar-refractivity contribution is -0.135. The maximum Gasteiger partial charge on any atom is 0.334 e. The Hall–Kier alpha value is -1.05. The van der Waals surface area contributed by atoms with Crippen molar-refractivity contribution in [3.05, 3.63) is 23.8 Å². The van der Waals surface area contributed by atoms with Gasteiger partial charge in [-0.15, -0.1) is 0 Å². The summed E-state index contributed by atoms with van der Waals surface area (Å²) in [5.41, 5.74) is 2.25. The van der Waals surface area contributed by atoms with Gasteiger partial charge in [0.2, 0.25) is 0 Å². The molecule has 0 N–H and O–H groups in total. The Bertz CT molecular complexity index is 394. The number of rotatable bonds is 1. The smallest absolute Gasteiger partial charge is 0.334 e. The summed E-state index contributed by atoms with van der Waals surface area (Å²) in [7, 11) is 0. The summed E-state index contributed by atoms with van der Waals surface area (Å²) in [5, 5.41) is 0. The fourth-order valence-corrected chi connectivity index (χ4v) is 4.12. The summed E-state index contributed by atoms with van der Waals surface area (Å²) >= 11 is 0. The number of ether oxygens (including phenoxy) is 1. The molecule has 2 heteroatoms. The van der Waals surface area contributed by atoms with Crippen molar-refractivity contribution in [1.29, 1.82) is 0 Å². The lowest BCUT2D eigenvalue weighted by Gasteiger charge is -2.28. The van der Waals surface area contributed by atoms with E-state index in [4.69, 9.17) is 4.74 Å². The Morgan fingerprint density at radius 1 is 1.41 bits per heavy atom. The van der Waals surface area contributed by atoms with E-state index < -0.39 is 0 Å². The predicted molar refractivity (Wildman–Crippen MR) is 66.3 cm³/mol. The molecule has 2 fully saturated rings. The molecule has 1 aliphatic heterocycles. The molecule has 3 aliphatic rings. The molecule has 0 unspecified atom stereocenters. The van der Waals surface area contributed by atoms with Crippen LogP contribution in [0.25, 0.3) is 0 Å². The summed E-state index contributed by atoms with van der Waals surface area (Å²) in [6.45, 7) is 6.89. The molecule has 3 rings (SSSR count). The number of allylic oxidation sites excluding steroid dienone is 2. The standard InChI is InChI=1S/C15H20O2/c1-9(2)11-7-6-10-4-3-5-12-13(14(10)11)8-17-15(12)16/h5,10-11,13-14H,1,3-4,6-8H2,2H3/t10-,11+,13-,14+/m0/s1. The van der Waals surface area contributed by atoms with Crippen LogP contribution in [0.1, 0.15) is 32.6 Å². The Kier molecular flexibility index (Phi) is 2.61. The largest absolute Gasteiger partial charge is 0.462 e. The minimum Gasteiger partial charge on any atom is -0.462 e. The maximum absolute atomic E-state index is 11.7. The van der Waals surface area contributed by atoms with Crippen molar-refractivity contribution >= 4 is 5.97 Å². The molecule has 0 aromatic carbocycles. The van der Waals surface area contributed by atoms with Gasteiger partial charge in [0.05, 0.1) is 6.61 Å². The van der Waals surface area contributed by atoms with Crippen molar-refractivity contribution < 1.29 is 9.53 Å². The van der Waals surface area contributed by atoms with Gasteiger partial charge in [-0.05, 0) is 50.4 Å². The van der Waals surface area contributed by atoms with Crippen molar-refractivity contribution in [3.8, 4) is 0 Å². The number of esters is 1. The van der Waals surface area contributed by atoms with E-state index in [0.29, 0.717) is 24.4 Å². The van der Waals surface area contributed by atoms with Gasteiger partial charge in [0.15, 0.2) is 0 Å². The summed E-state index contributed by atoms with van der Waals surface area (Å²) in [6.07, 6.45) is 6.97. The third-order valence-electron chi connectivity index (χ3n) is 4.89. The van der Waals surface area contributed by atoms with Crippen LogP contribution in [0.4, 0.5) is 0 Å². The Morgan fingerprint density at radius 3 is 3.00 bits per heavy atom. The lowest BCUT2D eigenvalue weighted by atomic mass is 9.75. The van der Waals surface area contributed by atoms with Crippen LogP contribution in [0.5, 0.6) is 0 Å². The molecule has 0 amide bonds. The molecule has 0 bridgehead atoms. The fraction of sp³-hybridized carbons (Fsp3) is 0.667. The van der Waals surface area contributed by atoms with Crippen LogP contribution >= 0.6 is 0 Å². The molecule has 4 atom stereocenters. The van der Waals surface area contributed by atoms with E-state index in [0.717, 1.165) is 17.9 Å². The van der Waals surface area contributed by atoms with Gasteiger partial charge in [-0.25, -0.2) is 4.79 Å². The highest BCUT2D eigenvalue weighted by molar-refractivity contribution is 5.91. The highest BCUT2D eigenvalue weighted by atomic mass is 16.5. The quantitative estimate of drug-likeness (QED) is 0.513. The van der Waals surface area contributed by atoms with E-state index in [2.05, 4.69) is 19.6 Å². The first-order valence-corrected chi connectivity index (χ1v) is 6.71. The molecule has 17 heavy (non-hydrogen) atoms. The normalized spacial score (nSPS) is 40.1. The van der Waals surface area contributed by atoms with Crippen molar-refractivity contribution in [2.75, 3.05) is 6.61 Å². The second-order valence-corrected chi connectivity index (χ2v) is 5.81. The van der Waals surface area contributed by atoms with E-state index in [-0.39, 0.29) is 5.97 Å². The summed E-state index contributed by atoms with van der Waals surface area (Å²) < 4.78 is 5.25. The number of carbonyl (C=O) groups is 1. The zero-order chi connectivity index (χ0) is 12.0. The number of hydrogen-bond acceptors (Lipinski definition) is 2. The van der Waals surface area contributed by atoms with Crippen LogP contribution in [0.2, 0.25) is 0 Å². The van der Waals surface area contributed by atoms with Crippen LogP contribution in [0.15, 0.2) is 23.8 Å². The number of fused-ring (bicyclic) bond motifs is 3. The minimum atomic E-state index is -0.0667. The van der Waals surface area contributed by atoms with Gasteiger partial charge in [0, 0.05) is 11.5 Å². The monoisotopic (exact) mass is 232 g/mol. The van der Waals surface area contributed by atoms with Crippen LogP contribution < -0.4 is 0 Å². The van der Waals surface area contributed by atoms with Gasteiger partial charge in [0.1, 0.15) is 0 Å². The van der Waals surface area contributed by atoms with Crippen molar-refractivity contribution in [2.24, 2.45) is 23.7 Å². The van der Waals surface area contributed by atoms with Crippen LogP contribution in [-0.2, 0) is 9.53 Å². The Labute approximate surface area is 103 Å². The highest BCUT2D eigenvalue weighted by Gasteiger charge is 2.47. The average molecular weight is 232 g/mol. The molecule has 0 spiro atoms. The van der Waals surface area contributed by atoms with E-state index in [9.17, 15) is 4.79 Å². The molecule has 1 heterocycles. The molecule has 1 saturated carbocycles. The van der Waals surface area contributed by atoms with Crippen LogP contribution in [0.3, 0.4) is 0 Å². The Morgan fingerprint density at radius 2 is 2.24 bits per heavy atom. The first kappa shape index (κ1) is 11.1. The van der Waals surface area contributed by atoms with Gasteiger partial charge in [-0.2, -0.15) is 0 Å². The van der Waals surface area contributed by atoms with Gasteiger partial charge in [-0.3, -0.25) is 0 Å². The molecular weight excluding hydrogens is 212 g/mol. The van der Waals surface area contributed by atoms with Crippen molar-refractivity contribution in [1.82, 2.24) is 0 Å². The van der Waals surface area contributed by atoms with Gasteiger partial charge >= 0.3 is 5.97 Å². The van der Waals surface area contributed by atoms with Crippen LogP contribution in [0, 0.1) is 23.7 Å². The van der Waals surface area contributed by atoms with Gasteiger partial charge < -0.3 is 4.74 Å². The zero-order valence-electron chi connectivity index (χ0n) is 10.4. The average Bonchev–Trinajstić information content (AvgIpc) is 2.80. The first-order chi connectivity index (χ1) is 8.18. The van der Waals surface area contributed by atoms with Crippen molar-refractivity contribution in [2.45, 2.75) is 32.6 Å².